The van der Waals surface area contributed by atoms with Crippen LogP contribution in [0.2, 0.25) is 0 Å². The van der Waals surface area contributed by atoms with Crippen molar-refractivity contribution in [3.8, 4) is 0 Å². The molecule has 0 radical (unpaired) electrons. The summed E-state index contributed by atoms with van der Waals surface area (Å²) in [6.45, 7) is 6.72. The van der Waals surface area contributed by atoms with Crippen molar-refractivity contribution in [1.29, 1.82) is 0 Å². The molecule has 1 saturated heterocycles. The number of nitrogens with two attached hydrogens (primary N) is 1. The van der Waals surface area contributed by atoms with Gasteiger partial charge in [-0.15, -0.1) is 0 Å². The fourth-order valence-corrected chi connectivity index (χ4v) is 2.79. The van der Waals surface area contributed by atoms with Crippen molar-refractivity contribution in [2.75, 3.05) is 32.7 Å². The Balaban J connectivity index is 1.74. The van der Waals surface area contributed by atoms with Gasteiger partial charge >= 0.3 is 0 Å². The number of piperazine rings is 1. The van der Waals surface area contributed by atoms with Crippen molar-refractivity contribution in [3.05, 3.63) is 29.3 Å². The summed E-state index contributed by atoms with van der Waals surface area (Å²) in [4.78, 5) is 21.1. The first-order valence-corrected chi connectivity index (χ1v) is 7.15. The van der Waals surface area contributed by atoms with Crippen molar-refractivity contribution < 1.29 is 4.79 Å². The molecule has 1 aromatic carbocycles. The van der Waals surface area contributed by atoms with E-state index in [2.05, 4.69) is 16.8 Å². The maximum Gasteiger partial charge on any atom is 0.254 e. The summed E-state index contributed by atoms with van der Waals surface area (Å²) in [5.74, 6) is 0.727. The lowest BCUT2D eigenvalue weighted by atomic mass is 10.1. The quantitative estimate of drug-likeness (QED) is 0.874. The predicted molar refractivity (Wildman–Crippen MR) is 79.4 cm³/mol. The fourth-order valence-electron chi connectivity index (χ4n) is 2.79. The second-order valence-corrected chi connectivity index (χ2v) is 5.35. The maximum atomic E-state index is 12.5. The molecule has 0 unspecified atom stereocenters. The summed E-state index contributed by atoms with van der Waals surface area (Å²) in [5.41, 5.74) is 8.40. The van der Waals surface area contributed by atoms with E-state index in [1.165, 1.54) is 0 Å². The average Bonchev–Trinajstić information content (AvgIpc) is 2.85. The van der Waals surface area contributed by atoms with Gasteiger partial charge in [0, 0.05) is 38.2 Å². The number of carbonyl (C=O) groups is 1. The lowest BCUT2D eigenvalue weighted by Gasteiger charge is -2.34. The van der Waals surface area contributed by atoms with Gasteiger partial charge in [0.25, 0.3) is 5.91 Å². The topological polar surface area (TPSA) is 61.9 Å². The van der Waals surface area contributed by atoms with Gasteiger partial charge in [0.15, 0.2) is 0 Å². The van der Waals surface area contributed by atoms with Crippen molar-refractivity contribution in [2.45, 2.75) is 13.3 Å². The van der Waals surface area contributed by atoms with Crippen molar-refractivity contribution in [2.24, 2.45) is 10.7 Å². The van der Waals surface area contributed by atoms with E-state index in [0.29, 0.717) is 17.8 Å². The molecule has 1 fully saturated rings. The number of carbonyl (C=O) groups excluding carboxylic acids is 1. The molecular weight excluding hydrogens is 252 g/mol. The van der Waals surface area contributed by atoms with Crippen LogP contribution in [-0.2, 0) is 6.42 Å². The number of rotatable bonds is 2. The monoisotopic (exact) mass is 272 g/mol. The van der Waals surface area contributed by atoms with Gasteiger partial charge in [0.1, 0.15) is 5.84 Å². The van der Waals surface area contributed by atoms with E-state index < -0.39 is 0 Å². The second-order valence-electron chi connectivity index (χ2n) is 5.35. The van der Waals surface area contributed by atoms with E-state index in [1.807, 2.05) is 23.1 Å². The van der Waals surface area contributed by atoms with Crippen LogP contribution in [-0.4, -0.2) is 54.3 Å². The molecule has 0 aromatic heterocycles. The minimum atomic E-state index is 0.101. The molecule has 1 amide bonds. The van der Waals surface area contributed by atoms with Crippen molar-refractivity contribution in [1.82, 2.24) is 9.80 Å². The fraction of sp³-hybridized carbons (Fsp3) is 0.467. The predicted octanol–water partition coefficient (Wildman–Crippen LogP) is 1.01. The molecule has 0 aliphatic carbocycles. The van der Waals surface area contributed by atoms with Gasteiger partial charge in [-0.1, -0.05) is 13.0 Å². The van der Waals surface area contributed by atoms with Crippen LogP contribution < -0.4 is 5.73 Å². The lowest BCUT2D eigenvalue weighted by molar-refractivity contribution is 0.0643. The molecule has 2 heterocycles. The zero-order chi connectivity index (χ0) is 14.1. The first-order chi connectivity index (χ1) is 9.67. The zero-order valence-electron chi connectivity index (χ0n) is 11.8. The Bertz CT molecular complexity index is 559. The molecule has 0 atom stereocenters. The third kappa shape index (κ3) is 2.41. The molecule has 2 N–H and O–H groups in total. The van der Waals surface area contributed by atoms with Gasteiger partial charge in [-0.3, -0.25) is 4.79 Å². The largest absolute Gasteiger partial charge is 0.387 e. The lowest BCUT2D eigenvalue weighted by Crippen LogP contribution is -2.48. The number of hydrogen-bond acceptors (Lipinski definition) is 4. The highest BCUT2D eigenvalue weighted by atomic mass is 16.2. The number of benzene rings is 1. The normalized spacial score (nSPS) is 18.9. The molecular formula is C15H20N4O. The summed E-state index contributed by atoms with van der Waals surface area (Å²) in [5, 5.41) is 0. The van der Waals surface area contributed by atoms with E-state index in [0.717, 1.165) is 44.0 Å². The van der Waals surface area contributed by atoms with Gasteiger partial charge in [0.2, 0.25) is 0 Å². The molecule has 2 aliphatic rings. The van der Waals surface area contributed by atoms with Crippen molar-refractivity contribution >= 4 is 17.4 Å². The van der Waals surface area contributed by atoms with Crippen LogP contribution in [0.1, 0.15) is 22.8 Å². The van der Waals surface area contributed by atoms with Gasteiger partial charge < -0.3 is 15.5 Å². The maximum absolute atomic E-state index is 12.5. The molecule has 5 heteroatoms. The summed E-state index contributed by atoms with van der Waals surface area (Å²) < 4.78 is 0. The van der Waals surface area contributed by atoms with Crippen LogP contribution in [0.4, 0.5) is 5.69 Å². The van der Waals surface area contributed by atoms with E-state index in [9.17, 15) is 4.79 Å². The highest BCUT2D eigenvalue weighted by Gasteiger charge is 2.22. The van der Waals surface area contributed by atoms with Gasteiger partial charge in [-0.25, -0.2) is 4.99 Å². The van der Waals surface area contributed by atoms with E-state index in [-0.39, 0.29) is 5.91 Å². The first kappa shape index (κ1) is 13.1. The Labute approximate surface area is 119 Å². The van der Waals surface area contributed by atoms with Gasteiger partial charge in [0.05, 0.1) is 5.69 Å². The minimum Gasteiger partial charge on any atom is -0.387 e. The van der Waals surface area contributed by atoms with Gasteiger partial charge in [-0.2, -0.15) is 0 Å². The summed E-state index contributed by atoms with van der Waals surface area (Å²) in [6, 6.07) is 5.72. The highest BCUT2D eigenvalue weighted by Crippen LogP contribution is 2.27. The molecule has 106 valence electrons. The molecule has 20 heavy (non-hydrogen) atoms. The number of amidine groups is 1. The van der Waals surface area contributed by atoms with E-state index in [1.54, 1.807) is 0 Å². The Morgan fingerprint density at radius 1 is 1.30 bits per heavy atom. The summed E-state index contributed by atoms with van der Waals surface area (Å²) >= 11 is 0. The number of fused-ring (bicyclic) bond motifs is 1. The number of likely N-dealkylation sites (N-methyl/N-ethyl adjacent to an activating group) is 1. The minimum absolute atomic E-state index is 0.101. The van der Waals surface area contributed by atoms with Crippen LogP contribution in [0.3, 0.4) is 0 Å². The van der Waals surface area contributed by atoms with Crippen LogP contribution in [0.5, 0.6) is 0 Å². The Kier molecular flexibility index (Phi) is 3.44. The summed E-state index contributed by atoms with van der Waals surface area (Å²) in [7, 11) is 0. The summed E-state index contributed by atoms with van der Waals surface area (Å²) in [6.07, 6.45) is 0.693. The van der Waals surface area contributed by atoms with Crippen LogP contribution >= 0.6 is 0 Å². The molecule has 1 aromatic rings. The highest BCUT2D eigenvalue weighted by molar-refractivity contribution is 5.97. The number of aliphatic imine (C=N–C) groups is 1. The third-order valence-electron chi connectivity index (χ3n) is 4.07. The SMILES string of the molecule is CCN1CCN(C(=O)c2ccc3c(c2)N=C(N)C3)CC1. The number of nitrogens with zero attached hydrogens (tertiary/aromatic N) is 3. The Hall–Kier alpha value is -1.88. The average molecular weight is 272 g/mol. The van der Waals surface area contributed by atoms with Crippen LogP contribution in [0.15, 0.2) is 23.2 Å². The zero-order valence-corrected chi connectivity index (χ0v) is 11.8. The van der Waals surface area contributed by atoms with E-state index >= 15 is 0 Å². The molecule has 0 bridgehead atoms. The number of hydrogen-bond donors (Lipinski definition) is 1. The van der Waals surface area contributed by atoms with Crippen LogP contribution in [0, 0.1) is 0 Å². The third-order valence-corrected chi connectivity index (χ3v) is 4.07. The van der Waals surface area contributed by atoms with E-state index in [4.69, 9.17) is 5.73 Å². The van der Waals surface area contributed by atoms with Gasteiger partial charge in [-0.05, 0) is 24.2 Å². The standard InChI is InChI=1S/C15H20N4O/c1-2-18-5-7-19(8-6-18)15(20)12-4-3-11-10-14(16)17-13(11)9-12/h3-4,9H,2,5-8,10H2,1H3,(H2,16,17). The smallest absolute Gasteiger partial charge is 0.254 e. The first-order valence-electron chi connectivity index (χ1n) is 7.15. The number of amides is 1. The molecule has 2 aliphatic heterocycles. The Morgan fingerprint density at radius 3 is 2.75 bits per heavy atom. The second kappa shape index (κ2) is 5.25. The molecule has 5 nitrogen and oxygen atoms in total. The van der Waals surface area contributed by atoms with Crippen molar-refractivity contribution in [3.63, 3.8) is 0 Å². The van der Waals surface area contributed by atoms with Crippen LogP contribution in [0.25, 0.3) is 0 Å². The molecule has 0 spiro atoms. The Morgan fingerprint density at radius 2 is 2.05 bits per heavy atom. The molecule has 3 rings (SSSR count). The molecule has 0 saturated carbocycles.